The fraction of sp³-hybridized carbons (Fsp3) is 0.438. The minimum Gasteiger partial charge on any atom is -0.389 e. The summed E-state index contributed by atoms with van der Waals surface area (Å²) in [6.45, 7) is 3.09. The minimum atomic E-state index is -1.38. The molecule has 128 valence electrons. The zero-order chi connectivity index (χ0) is 17.2. The Balaban J connectivity index is 1.57. The number of nitrogens with one attached hydrogen (secondary N) is 1. The van der Waals surface area contributed by atoms with Crippen molar-refractivity contribution < 1.29 is 15.0 Å². The van der Waals surface area contributed by atoms with Gasteiger partial charge in [-0.1, -0.05) is 6.07 Å². The van der Waals surface area contributed by atoms with Gasteiger partial charge in [-0.25, -0.2) is 4.98 Å². The fourth-order valence-corrected chi connectivity index (χ4v) is 3.40. The monoisotopic (exact) mass is 348 g/mol. The summed E-state index contributed by atoms with van der Waals surface area (Å²) >= 11 is 1.57. The van der Waals surface area contributed by atoms with Crippen LogP contribution in [0, 0.1) is 6.92 Å². The Hall–Kier alpha value is -1.87. The van der Waals surface area contributed by atoms with Crippen molar-refractivity contribution in [2.45, 2.75) is 25.2 Å². The average Bonchev–Trinajstić information content (AvgIpc) is 3.09. The van der Waals surface area contributed by atoms with E-state index in [1.165, 1.54) is 6.20 Å². The number of amides is 1. The van der Waals surface area contributed by atoms with Crippen LogP contribution in [-0.2, 0) is 6.54 Å². The highest BCUT2D eigenvalue weighted by molar-refractivity contribution is 7.09. The number of nitrogens with zero attached hydrogens (tertiary/aromatic N) is 3. The molecule has 1 amide bonds. The third kappa shape index (κ3) is 3.78. The van der Waals surface area contributed by atoms with Gasteiger partial charge in [0.05, 0.1) is 23.4 Å². The van der Waals surface area contributed by atoms with Gasteiger partial charge < -0.3 is 15.5 Å². The van der Waals surface area contributed by atoms with E-state index in [-0.39, 0.29) is 24.7 Å². The molecule has 1 aliphatic heterocycles. The van der Waals surface area contributed by atoms with Gasteiger partial charge in [0.15, 0.2) is 0 Å². The van der Waals surface area contributed by atoms with Crippen LogP contribution in [0.4, 0.5) is 0 Å². The summed E-state index contributed by atoms with van der Waals surface area (Å²) in [5.74, 6) is -0.371. The number of hydrogen-bond acceptors (Lipinski definition) is 7. The summed E-state index contributed by atoms with van der Waals surface area (Å²) in [6.07, 6.45) is 0.604. The van der Waals surface area contributed by atoms with Crippen molar-refractivity contribution in [3.63, 3.8) is 0 Å². The fourth-order valence-electron chi connectivity index (χ4n) is 2.80. The van der Waals surface area contributed by atoms with Crippen molar-refractivity contribution in [2.75, 3.05) is 19.6 Å². The first-order chi connectivity index (χ1) is 11.5. The molecular formula is C16H20N4O3S. The van der Waals surface area contributed by atoms with Gasteiger partial charge in [-0.05, 0) is 19.1 Å². The maximum atomic E-state index is 12.0. The Labute approximate surface area is 144 Å². The Kier molecular flexibility index (Phi) is 4.91. The molecule has 0 spiro atoms. The minimum absolute atomic E-state index is 0.0316. The molecular weight excluding hydrogens is 328 g/mol. The van der Waals surface area contributed by atoms with E-state index in [2.05, 4.69) is 15.3 Å². The molecule has 0 unspecified atom stereocenters. The zero-order valence-corrected chi connectivity index (χ0v) is 14.2. The SMILES string of the molecule is Cc1nc(CN2C[C@@H](O)[C@](O)(CNC(=O)c3ccccn3)C2)cs1. The maximum Gasteiger partial charge on any atom is 0.269 e. The van der Waals surface area contributed by atoms with E-state index < -0.39 is 11.7 Å². The molecule has 1 saturated heterocycles. The molecule has 3 N–H and O–H groups in total. The standard InChI is InChI=1S/C16H20N4O3S/c1-11-19-12(8-24-11)6-20-7-14(21)16(23,10-20)9-18-15(22)13-4-2-3-5-17-13/h2-5,8,14,21,23H,6-7,9-10H2,1H3,(H,18,22)/t14-,16+/m1/s1. The number of rotatable bonds is 5. The molecule has 7 nitrogen and oxygen atoms in total. The summed E-state index contributed by atoms with van der Waals surface area (Å²) in [4.78, 5) is 22.3. The molecule has 0 aliphatic carbocycles. The molecule has 24 heavy (non-hydrogen) atoms. The number of carbonyl (C=O) groups is 1. The molecule has 3 heterocycles. The molecule has 1 fully saturated rings. The van der Waals surface area contributed by atoms with E-state index in [1.807, 2.05) is 17.2 Å². The van der Waals surface area contributed by atoms with E-state index in [0.717, 1.165) is 10.7 Å². The first-order valence-corrected chi connectivity index (χ1v) is 8.57. The molecule has 2 atom stereocenters. The first-order valence-electron chi connectivity index (χ1n) is 7.69. The van der Waals surface area contributed by atoms with Crippen LogP contribution in [-0.4, -0.2) is 62.3 Å². The van der Waals surface area contributed by atoms with Crippen LogP contribution < -0.4 is 5.32 Å². The number of pyridine rings is 1. The maximum absolute atomic E-state index is 12.0. The lowest BCUT2D eigenvalue weighted by Crippen LogP contribution is -2.51. The van der Waals surface area contributed by atoms with E-state index in [0.29, 0.717) is 13.1 Å². The number of aliphatic hydroxyl groups is 2. The van der Waals surface area contributed by atoms with Crippen LogP contribution in [0.15, 0.2) is 29.8 Å². The molecule has 0 aromatic carbocycles. The Morgan fingerprint density at radius 2 is 2.38 bits per heavy atom. The number of aliphatic hydroxyl groups excluding tert-OH is 1. The quantitative estimate of drug-likeness (QED) is 0.713. The van der Waals surface area contributed by atoms with Crippen molar-refractivity contribution in [1.29, 1.82) is 0 Å². The molecule has 2 aromatic heterocycles. The third-order valence-corrected chi connectivity index (χ3v) is 4.88. The van der Waals surface area contributed by atoms with Gasteiger partial charge in [0.25, 0.3) is 5.91 Å². The molecule has 8 heteroatoms. The lowest BCUT2D eigenvalue weighted by Gasteiger charge is -2.26. The smallest absolute Gasteiger partial charge is 0.269 e. The molecule has 0 bridgehead atoms. The van der Waals surface area contributed by atoms with E-state index >= 15 is 0 Å². The van der Waals surface area contributed by atoms with Gasteiger partial charge in [-0.3, -0.25) is 14.7 Å². The second kappa shape index (κ2) is 6.94. The van der Waals surface area contributed by atoms with Crippen LogP contribution >= 0.6 is 11.3 Å². The Bertz CT molecular complexity index is 708. The number of hydrogen-bond donors (Lipinski definition) is 3. The number of aryl methyl sites for hydroxylation is 1. The Morgan fingerprint density at radius 3 is 3.04 bits per heavy atom. The highest BCUT2D eigenvalue weighted by Crippen LogP contribution is 2.23. The van der Waals surface area contributed by atoms with E-state index in [1.54, 1.807) is 29.5 Å². The molecule has 0 saturated carbocycles. The number of β-amino-alcohol motifs (C(OH)–C–C–N with tert-alkyl or cyclic N) is 2. The average molecular weight is 348 g/mol. The van der Waals surface area contributed by atoms with Gasteiger partial charge >= 0.3 is 0 Å². The van der Waals surface area contributed by atoms with Gasteiger partial charge in [-0.2, -0.15) is 0 Å². The van der Waals surface area contributed by atoms with Gasteiger partial charge in [0.2, 0.25) is 0 Å². The van der Waals surface area contributed by atoms with Crippen molar-refractivity contribution in [3.05, 3.63) is 46.2 Å². The summed E-state index contributed by atoms with van der Waals surface area (Å²) in [7, 11) is 0. The number of aromatic nitrogens is 2. The Morgan fingerprint density at radius 1 is 1.54 bits per heavy atom. The highest BCUT2D eigenvalue weighted by atomic mass is 32.1. The van der Waals surface area contributed by atoms with Crippen LogP contribution in [0.2, 0.25) is 0 Å². The van der Waals surface area contributed by atoms with Crippen LogP contribution in [0.3, 0.4) is 0 Å². The van der Waals surface area contributed by atoms with Gasteiger partial charge in [0.1, 0.15) is 11.3 Å². The predicted molar refractivity (Wildman–Crippen MR) is 89.7 cm³/mol. The van der Waals surface area contributed by atoms with Gasteiger partial charge in [0, 0.05) is 31.2 Å². The normalized spacial score (nSPS) is 24.2. The lowest BCUT2D eigenvalue weighted by atomic mass is 10.0. The third-order valence-electron chi connectivity index (χ3n) is 4.05. The second-order valence-corrected chi connectivity index (χ2v) is 7.11. The number of thiazole rings is 1. The van der Waals surface area contributed by atoms with E-state index in [9.17, 15) is 15.0 Å². The molecule has 0 radical (unpaired) electrons. The molecule has 3 rings (SSSR count). The molecule has 1 aliphatic rings. The summed E-state index contributed by atoms with van der Waals surface area (Å²) in [5, 5.41) is 26.5. The zero-order valence-electron chi connectivity index (χ0n) is 13.3. The lowest BCUT2D eigenvalue weighted by molar-refractivity contribution is -0.0377. The summed E-state index contributed by atoms with van der Waals surface area (Å²) in [6, 6.07) is 5.04. The van der Waals surface area contributed by atoms with Crippen molar-refractivity contribution in [2.24, 2.45) is 0 Å². The largest absolute Gasteiger partial charge is 0.389 e. The van der Waals surface area contributed by atoms with Crippen LogP contribution in [0.5, 0.6) is 0 Å². The van der Waals surface area contributed by atoms with Crippen molar-refractivity contribution in [3.8, 4) is 0 Å². The van der Waals surface area contributed by atoms with Crippen molar-refractivity contribution in [1.82, 2.24) is 20.2 Å². The first kappa shape index (κ1) is 17.0. The van der Waals surface area contributed by atoms with E-state index in [4.69, 9.17) is 0 Å². The topological polar surface area (TPSA) is 98.6 Å². The van der Waals surface area contributed by atoms with Crippen molar-refractivity contribution >= 4 is 17.2 Å². The predicted octanol–water partition coefficient (Wildman–Crippen LogP) is 0.184. The van der Waals surface area contributed by atoms with Crippen LogP contribution in [0.1, 0.15) is 21.2 Å². The number of carbonyl (C=O) groups excluding carboxylic acids is 1. The number of likely N-dealkylation sites (tertiary alicyclic amines) is 1. The summed E-state index contributed by atoms with van der Waals surface area (Å²) < 4.78 is 0. The summed E-state index contributed by atoms with van der Waals surface area (Å²) in [5.41, 5.74) is -0.176. The molecule has 2 aromatic rings. The second-order valence-electron chi connectivity index (χ2n) is 6.04. The van der Waals surface area contributed by atoms with Crippen LogP contribution in [0.25, 0.3) is 0 Å². The highest BCUT2D eigenvalue weighted by Gasteiger charge is 2.44. The van der Waals surface area contributed by atoms with Gasteiger partial charge in [-0.15, -0.1) is 11.3 Å².